The second-order valence-electron chi connectivity index (χ2n) is 8.34. The van der Waals surface area contributed by atoms with Gasteiger partial charge in [0.15, 0.2) is 11.5 Å². The number of rotatable bonds is 6. The molecule has 176 valence electrons. The number of piperidine rings is 1. The number of halogens is 1. The van der Waals surface area contributed by atoms with Gasteiger partial charge in [-0.3, -0.25) is 9.59 Å². The van der Waals surface area contributed by atoms with Gasteiger partial charge in [-0.2, -0.15) is 0 Å². The predicted octanol–water partition coefficient (Wildman–Crippen LogP) is 3.10. The van der Waals surface area contributed by atoms with Crippen molar-refractivity contribution in [3.8, 4) is 11.3 Å². The van der Waals surface area contributed by atoms with Crippen molar-refractivity contribution in [2.75, 3.05) is 18.8 Å². The van der Waals surface area contributed by atoms with E-state index in [1.54, 1.807) is 18.2 Å². The van der Waals surface area contributed by atoms with Crippen LogP contribution in [0.2, 0.25) is 5.02 Å². The van der Waals surface area contributed by atoms with Gasteiger partial charge in [-0.25, -0.2) is 9.97 Å². The third-order valence-electron chi connectivity index (χ3n) is 5.82. The molecule has 0 radical (unpaired) electrons. The molecule has 34 heavy (non-hydrogen) atoms. The molecule has 1 atom stereocenters. The molecule has 1 aliphatic rings. The van der Waals surface area contributed by atoms with Crippen molar-refractivity contribution < 1.29 is 9.59 Å². The van der Waals surface area contributed by atoms with Gasteiger partial charge >= 0.3 is 0 Å². The van der Waals surface area contributed by atoms with Crippen molar-refractivity contribution in [1.82, 2.24) is 25.9 Å². The summed E-state index contributed by atoms with van der Waals surface area (Å²) in [7, 11) is 0. The molecule has 2 heterocycles. The molecule has 0 unspecified atom stereocenters. The van der Waals surface area contributed by atoms with E-state index in [1.165, 1.54) is 6.20 Å². The molecular weight excluding hydrogens is 452 g/mol. The van der Waals surface area contributed by atoms with E-state index in [0.29, 0.717) is 34.9 Å². The van der Waals surface area contributed by atoms with Crippen LogP contribution in [0, 0.1) is 6.92 Å². The highest BCUT2D eigenvalue weighted by atomic mass is 35.5. The maximum Gasteiger partial charge on any atom is 0.274 e. The van der Waals surface area contributed by atoms with Gasteiger partial charge in [0.2, 0.25) is 0 Å². The minimum atomic E-state index is -0.355. The van der Waals surface area contributed by atoms with Gasteiger partial charge in [-0.15, -0.1) is 0 Å². The number of nitrogens with two attached hydrogens (primary N) is 1. The van der Waals surface area contributed by atoms with Crippen LogP contribution in [0.4, 0.5) is 5.82 Å². The van der Waals surface area contributed by atoms with Crippen LogP contribution in [-0.4, -0.2) is 40.9 Å². The highest BCUT2D eigenvalue weighted by molar-refractivity contribution is 6.30. The molecule has 1 fully saturated rings. The first-order valence-electron chi connectivity index (χ1n) is 11.2. The molecule has 0 aliphatic carbocycles. The van der Waals surface area contributed by atoms with Gasteiger partial charge in [0.25, 0.3) is 11.8 Å². The SMILES string of the molecule is Cc1ccc(Cl)cc1CNC(=O)c1cccc(-c2cnc(N)c(C(=O)N[C@H]3CCCNC3)n2)c1. The van der Waals surface area contributed by atoms with Crippen LogP contribution in [0.25, 0.3) is 11.3 Å². The third kappa shape index (κ3) is 5.70. The average Bonchev–Trinajstić information content (AvgIpc) is 2.85. The topological polar surface area (TPSA) is 122 Å². The third-order valence-corrected chi connectivity index (χ3v) is 6.05. The monoisotopic (exact) mass is 478 g/mol. The van der Waals surface area contributed by atoms with E-state index in [4.69, 9.17) is 17.3 Å². The summed E-state index contributed by atoms with van der Waals surface area (Å²) in [5, 5.41) is 9.77. The van der Waals surface area contributed by atoms with E-state index in [-0.39, 0.29) is 29.4 Å². The van der Waals surface area contributed by atoms with Crippen molar-refractivity contribution in [3.05, 3.63) is 76.1 Å². The fourth-order valence-electron chi connectivity index (χ4n) is 3.86. The average molecular weight is 479 g/mol. The first-order valence-corrected chi connectivity index (χ1v) is 11.6. The molecule has 9 heteroatoms. The highest BCUT2D eigenvalue weighted by Gasteiger charge is 2.20. The summed E-state index contributed by atoms with van der Waals surface area (Å²) >= 11 is 6.07. The molecule has 5 N–H and O–H groups in total. The number of anilines is 1. The zero-order valence-electron chi connectivity index (χ0n) is 18.9. The Labute approximate surface area is 203 Å². The van der Waals surface area contributed by atoms with Crippen LogP contribution in [0.3, 0.4) is 0 Å². The Bertz CT molecular complexity index is 1210. The van der Waals surface area contributed by atoms with E-state index in [9.17, 15) is 9.59 Å². The molecule has 4 rings (SSSR count). The van der Waals surface area contributed by atoms with Gasteiger partial charge in [0, 0.05) is 35.3 Å². The molecule has 0 bridgehead atoms. The molecule has 2 amide bonds. The minimum Gasteiger partial charge on any atom is -0.382 e. The minimum absolute atomic E-state index is 0.0289. The van der Waals surface area contributed by atoms with E-state index in [2.05, 4.69) is 25.9 Å². The number of carbonyl (C=O) groups is 2. The predicted molar refractivity (Wildman–Crippen MR) is 133 cm³/mol. The number of nitrogens with zero attached hydrogens (tertiary/aromatic N) is 2. The first-order chi connectivity index (χ1) is 16.4. The van der Waals surface area contributed by atoms with E-state index < -0.39 is 0 Å². The molecule has 3 aromatic rings. The molecule has 0 spiro atoms. The molecule has 1 saturated heterocycles. The Morgan fingerprint density at radius 1 is 1.21 bits per heavy atom. The smallest absolute Gasteiger partial charge is 0.274 e. The number of nitrogens with one attached hydrogen (secondary N) is 3. The highest BCUT2D eigenvalue weighted by Crippen LogP contribution is 2.21. The summed E-state index contributed by atoms with van der Waals surface area (Å²) in [6, 6.07) is 12.6. The molecule has 2 aromatic carbocycles. The Kier molecular flexibility index (Phi) is 7.40. The van der Waals surface area contributed by atoms with E-state index in [1.807, 2.05) is 31.2 Å². The Morgan fingerprint density at radius 3 is 2.85 bits per heavy atom. The summed E-state index contributed by atoms with van der Waals surface area (Å²) in [6.07, 6.45) is 3.40. The zero-order chi connectivity index (χ0) is 24.1. The quantitative estimate of drug-likeness (QED) is 0.432. The van der Waals surface area contributed by atoms with Crippen molar-refractivity contribution in [2.45, 2.75) is 32.4 Å². The fourth-order valence-corrected chi connectivity index (χ4v) is 4.06. The van der Waals surface area contributed by atoms with E-state index in [0.717, 1.165) is 30.5 Å². The Morgan fingerprint density at radius 2 is 2.06 bits per heavy atom. The van der Waals surface area contributed by atoms with Crippen molar-refractivity contribution in [1.29, 1.82) is 0 Å². The van der Waals surface area contributed by atoms with Crippen LogP contribution in [0.1, 0.15) is 44.8 Å². The van der Waals surface area contributed by atoms with Crippen LogP contribution >= 0.6 is 11.6 Å². The maximum atomic E-state index is 12.8. The second kappa shape index (κ2) is 10.6. The lowest BCUT2D eigenvalue weighted by atomic mass is 10.1. The zero-order valence-corrected chi connectivity index (χ0v) is 19.7. The van der Waals surface area contributed by atoms with Gasteiger partial charge in [-0.05, 0) is 61.7 Å². The largest absolute Gasteiger partial charge is 0.382 e. The summed E-state index contributed by atoms with van der Waals surface area (Å²) in [4.78, 5) is 34.2. The number of amides is 2. The number of aromatic nitrogens is 2. The number of nitrogen functional groups attached to an aromatic ring is 1. The number of hydrogen-bond donors (Lipinski definition) is 4. The Hall–Kier alpha value is -3.49. The van der Waals surface area contributed by atoms with Crippen molar-refractivity contribution in [3.63, 3.8) is 0 Å². The van der Waals surface area contributed by atoms with Gasteiger partial charge in [0.1, 0.15) is 0 Å². The van der Waals surface area contributed by atoms with Crippen LogP contribution in [-0.2, 0) is 6.54 Å². The first kappa shape index (κ1) is 23.7. The van der Waals surface area contributed by atoms with E-state index >= 15 is 0 Å². The van der Waals surface area contributed by atoms with Crippen LogP contribution in [0.15, 0.2) is 48.7 Å². The Balaban J connectivity index is 1.49. The molecule has 1 aliphatic heterocycles. The fraction of sp³-hybridized carbons (Fsp3) is 0.280. The number of benzene rings is 2. The van der Waals surface area contributed by atoms with Crippen molar-refractivity contribution in [2.24, 2.45) is 0 Å². The van der Waals surface area contributed by atoms with Crippen LogP contribution in [0.5, 0.6) is 0 Å². The van der Waals surface area contributed by atoms with Gasteiger partial charge in [-0.1, -0.05) is 29.8 Å². The number of hydrogen-bond acceptors (Lipinski definition) is 6. The molecular formula is C25H27ClN6O2. The second-order valence-corrected chi connectivity index (χ2v) is 8.78. The normalized spacial score (nSPS) is 15.5. The number of aryl methyl sites for hydroxylation is 1. The molecule has 8 nitrogen and oxygen atoms in total. The summed E-state index contributed by atoms with van der Waals surface area (Å²) in [5.41, 5.74) is 9.61. The summed E-state index contributed by atoms with van der Waals surface area (Å²) in [5.74, 6) is -0.519. The van der Waals surface area contributed by atoms with Gasteiger partial charge in [0.05, 0.1) is 11.9 Å². The lowest BCUT2D eigenvalue weighted by molar-refractivity contribution is 0.0923. The van der Waals surface area contributed by atoms with Gasteiger partial charge < -0.3 is 21.7 Å². The number of carbonyl (C=O) groups excluding carboxylic acids is 2. The maximum absolute atomic E-state index is 12.8. The molecule has 0 saturated carbocycles. The molecule has 1 aromatic heterocycles. The lowest BCUT2D eigenvalue weighted by Gasteiger charge is -2.23. The van der Waals surface area contributed by atoms with Crippen molar-refractivity contribution >= 4 is 29.2 Å². The summed E-state index contributed by atoms with van der Waals surface area (Å²) < 4.78 is 0. The van der Waals surface area contributed by atoms with Crippen LogP contribution < -0.4 is 21.7 Å². The standard InChI is InChI=1S/C25H27ClN6O2/c1-15-7-8-19(26)11-18(15)12-30-24(33)17-5-2-4-16(10-17)21-14-29-23(27)22(32-21)25(34)31-20-6-3-9-28-13-20/h2,4-5,7-8,10-11,14,20,28H,3,6,9,12-13H2,1H3,(H2,27,29)(H,30,33)(H,31,34)/t20-/m0/s1. The lowest BCUT2D eigenvalue weighted by Crippen LogP contribution is -2.46. The summed E-state index contributed by atoms with van der Waals surface area (Å²) in [6.45, 7) is 3.99.